The molecule has 0 rings (SSSR count). The summed E-state index contributed by atoms with van der Waals surface area (Å²) in [5.41, 5.74) is 0. The van der Waals surface area contributed by atoms with Crippen LogP contribution in [0.2, 0.25) is 0 Å². The second-order valence-electron chi connectivity index (χ2n) is 5.90. The summed E-state index contributed by atoms with van der Waals surface area (Å²) in [6.07, 6.45) is 5.03. The van der Waals surface area contributed by atoms with Crippen molar-refractivity contribution in [3.63, 3.8) is 0 Å². The zero-order chi connectivity index (χ0) is 14.1. The Balaban J connectivity index is 3.62. The minimum absolute atomic E-state index is 0.146. The maximum atomic E-state index is 11.5. The number of hydrogen-bond donors (Lipinski definition) is 1. The zero-order valence-corrected chi connectivity index (χ0v) is 12.2. The van der Waals surface area contributed by atoms with Gasteiger partial charge in [0.25, 0.3) is 0 Å². The second kappa shape index (κ2) is 9.12. The Morgan fingerprint density at radius 1 is 0.944 bits per heavy atom. The summed E-state index contributed by atoms with van der Waals surface area (Å²) in [4.78, 5) is 22.0. The fourth-order valence-corrected chi connectivity index (χ4v) is 2.04. The molecule has 18 heavy (non-hydrogen) atoms. The third-order valence-electron chi connectivity index (χ3n) is 3.44. The quantitative estimate of drug-likeness (QED) is 0.644. The van der Waals surface area contributed by atoms with E-state index in [1.807, 2.05) is 20.8 Å². The van der Waals surface area contributed by atoms with E-state index in [1.54, 1.807) is 0 Å². The van der Waals surface area contributed by atoms with Gasteiger partial charge in [-0.15, -0.1) is 0 Å². The van der Waals surface area contributed by atoms with E-state index in [4.69, 9.17) is 5.11 Å². The Morgan fingerprint density at radius 2 is 1.50 bits per heavy atom. The maximum absolute atomic E-state index is 11.5. The molecule has 106 valence electrons. The molecule has 3 heteroatoms. The van der Waals surface area contributed by atoms with Crippen LogP contribution < -0.4 is 0 Å². The fraction of sp³-hybridized carbons (Fsp3) is 0.867. The van der Waals surface area contributed by atoms with Crippen molar-refractivity contribution >= 4 is 11.8 Å². The van der Waals surface area contributed by atoms with Gasteiger partial charge in [-0.05, 0) is 18.3 Å². The molecule has 0 aromatic heterocycles. The molecule has 0 aliphatic carbocycles. The van der Waals surface area contributed by atoms with Crippen molar-refractivity contribution in [1.82, 2.24) is 0 Å². The van der Waals surface area contributed by atoms with Gasteiger partial charge in [0.15, 0.2) is 0 Å². The molecule has 0 heterocycles. The van der Waals surface area contributed by atoms with Crippen LogP contribution in [0.3, 0.4) is 0 Å². The highest BCUT2D eigenvalue weighted by molar-refractivity contribution is 5.80. The van der Waals surface area contributed by atoms with Gasteiger partial charge in [0.2, 0.25) is 0 Å². The van der Waals surface area contributed by atoms with Crippen LogP contribution in [-0.4, -0.2) is 16.9 Å². The van der Waals surface area contributed by atoms with Gasteiger partial charge in [-0.25, -0.2) is 0 Å². The largest absolute Gasteiger partial charge is 0.481 e. The fourth-order valence-electron chi connectivity index (χ4n) is 2.04. The Hall–Kier alpha value is -0.860. The predicted octanol–water partition coefficient (Wildman–Crippen LogP) is 3.91. The van der Waals surface area contributed by atoms with Crippen molar-refractivity contribution in [2.24, 2.45) is 17.8 Å². The molecule has 0 unspecified atom stereocenters. The monoisotopic (exact) mass is 256 g/mol. The average molecular weight is 256 g/mol. The molecule has 0 fully saturated rings. The third kappa shape index (κ3) is 9.20. The van der Waals surface area contributed by atoms with Crippen molar-refractivity contribution < 1.29 is 14.7 Å². The minimum Gasteiger partial charge on any atom is -0.481 e. The number of ketones is 1. The third-order valence-corrected chi connectivity index (χ3v) is 3.44. The maximum Gasteiger partial charge on any atom is 0.303 e. The summed E-state index contributed by atoms with van der Waals surface area (Å²) in [5.74, 6) is 0.601. The summed E-state index contributed by atoms with van der Waals surface area (Å²) in [5, 5.41) is 8.65. The van der Waals surface area contributed by atoms with Crippen LogP contribution in [0, 0.1) is 17.8 Å². The Morgan fingerprint density at radius 3 is 2.00 bits per heavy atom. The number of carboxylic acid groups (broad SMARTS) is 1. The lowest BCUT2D eigenvalue weighted by Gasteiger charge is -2.13. The molecule has 0 saturated heterocycles. The number of hydrogen-bond acceptors (Lipinski definition) is 2. The molecule has 0 aromatic carbocycles. The van der Waals surface area contributed by atoms with Crippen LogP contribution in [0.1, 0.15) is 66.2 Å². The topological polar surface area (TPSA) is 54.4 Å². The van der Waals surface area contributed by atoms with Crippen molar-refractivity contribution in [2.45, 2.75) is 66.2 Å². The Bertz CT molecular complexity index is 258. The molecule has 2 atom stereocenters. The summed E-state index contributed by atoms with van der Waals surface area (Å²) in [7, 11) is 0. The SMILES string of the molecule is CC(C)C(=O)CC[C@H](C)CCC[C@H](C)CC(=O)O. The van der Waals surface area contributed by atoms with Crippen molar-refractivity contribution in [3.8, 4) is 0 Å². The number of carbonyl (C=O) groups is 2. The molecule has 0 saturated carbocycles. The predicted molar refractivity (Wildman–Crippen MR) is 73.5 cm³/mol. The highest BCUT2D eigenvalue weighted by Crippen LogP contribution is 2.19. The van der Waals surface area contributed by atoms with E-state index in [2.05, 4.69) is 6.92 Å². The van der Waals surface area contributed by atoms with E-state index in [9.17, 15) is 9.59 Å². The molecule has 1 N–H and O–H groups in total. The van der Waals surface area contributed by atoms with Gasteiger partial charge in [0.05, 0.1) is 0 Å². The number of rotatable bonds is 10. The van der Waals surface area contributed by atoms with Crippen LogP contribution >= 0.6 is 0 Å². The van der Waals surface area contributed by atoms with Gasteiger partial charge in [0.1, 0.15) is 5.78 Å². The highest BCUT2D eigenvalue weighted by atomic mass is 16.4. The van der Waals surface area contributed by atoms with E-state index in [-0.39, 0.29) is 18.3 Å². The van der Waals surface area contributed by atoms with Crippen LogP contribution in [0.25, 0.3) is 0 Å². The Labute approximate surface area is 111 Å². The lowest BCUT2D eigenvalue weighted by molar-refractivity contribution is -0.138. The van der Waals surface area contributed by atoms with Crippen molar-refractivity contribution in [2.75, 3.05) is 0 Å². The first-order chi connectivity index (χ1) is 8.32. The Kier molecular flexibility index (Phi) is 8.69. The first-order valence-corrected chi connectivity index (χ1v) is 7.07. The molecule has 0 bridgehead atoms. The van der Waals surface area contributed by atoms with E-state index in [0.717, 1.165) is 25.7 Å². The molecule has 0 aliphatic rings. The molecular weight excluding hydrogens is 228 g/mol. The average Bonchev–Trinajstić information content (AvgIpc) is 2.24. The number of Topliss-reactive ketones (excluding diaryl/α,β-unsaturated/α-hetero) is 1. The highest BCUT2D eigenvalue weighted by Gasteiger charge is 2.11. The second-order valence-corrected chi connectivity index (χ2v) is 5.90. The first-order valence-electron chi connectivity index (χ1n) is 7.07. The summed E-state index contributed by atoms with van der Waals surface area (Å²) < 4.78 is 0. The summed E-state index contributed by atoms with van der Waals surface area (Å²) in [6, 6.07) is 0. The van der Waals surface area contributed by atoms with E-state index < -0.39 is 5.97 Å². The van der Waals surface area contributed by atoms with Crippen LogP contribution in [-0.2, 0) is 9.59 Å². The standard InChI is InChI=1S/C15H28O3/c1-11(2)14(16)9-8-12(3)6-5-7-13(4)10-15(17)18/h11-13H,5-10H2,1-4H3,(H,17,18)/t12-,13+/m1/s1. The van der Waals surface area contributed by atoms with Gasteiger partial charge in [-0.3, -0.25) is 9.59 Å². The number of aliphatic carboxylic acids is 1. The van der Waals surface area contributed by atoms with Crippen LogP contribution in [0.4, 0.5) is 0 Å². The molecule has 0 spiro atoms. The molecule has 0 aromatic rings. The first kappa shape index (κ1) is 17.1. The van der Waals surface area contributed by atoms with Crippen LogP contribution in [0.5, 0.6) is 0 Å². The number of carbonyl (C=O) groups excluding carboxylic acids is 1. The van der Waals surface area contributed by atoms with Gasteiger partial charge < -0.3 is 5.11 Å². The number of carboxylic acids is 1. The molecule has 0 aliphatic heterocycles. The smallest absolute Gasteiger partial charge is 0.303 e. The molecule has 0 amide bonds. The molecule has 3 nitrogen and oxygen atoms in total. The van der Waals surface area contributed by atoms with Gasteiger partial charge in [-0.1, -0.05) is 47.0 Å². The van der Waals surface area contributed by atoms with E-state index in [1.165, 1.54) is 0 Å². The normalized spacial score (nSPS) is 14.5. The van der Waals surface area contributed by atoms with Crippen molar-refractivity contribution in [3.05, 3.63) is 0 Å². The van der Waals surface area contributed by atoms with E-state index in [0.29, 0.717) is 18.1 Å². The van der Waals surface area contributed by atoms with E-state index >= 15 is 0 Å². The van der Waals surface area contributed by atoms with Gasteiger partial charge in [-0.2, -0.15) is 0 Å². The molecular formula is C15H28O3. The van der Waals surface area contributed by atoms with Crippen LogP contribution in [0.15, 0.2) is 0 Å². The van der Waals surface area contributed by atoms with Gasteiger partial charge >= 0.3 is 5.97 Å². The zero-order valence-electron chi connectivity index (χ0n) is 12.2. The summed E-state index contributed by atoms with van der Waals surface area (Å²) in [6.45, 7) is 8.05. The lowest BCUT2D eigenvalue weighted by atomic mass is 9.92. The molecule has 0 radical (unpaired) electrons. The lowest BCUT2D eigenvalue weighted by Crippen LogP contribution is -2.09. The summed E-state index contributed by atoms with van der Waals surface area (Å²) >= 11 is 0. The van der Waals surface area contributed by atoms with Crippen molar-refractivity contribution in [1.29, 1.82) is 0 Å². The van der Waals surface area contributed by atoms with Gasteiger partial charge in [0, 0.05) is 18.8 Å². The minimum atomic E-state index is -0.710.